The minimum atomic E-state index is -0.593. The molecule has 1 aliphatic carbocycles. The Labute approximate surface area is 286 Å². The number of hydrogen-bond donors (Lipinski definition) is 1. The van der Waals surface area contributed by atoms with Gasteiger partial charge in [-0.05, 0) is 95.4 Å². The predicted octanol–water partition coefficient (Wildman–Crippen LogP) is 6.23. The Morgan fingerprint density at radius 2 is 1.88 bits per heavy atom. The molecule has 6 heterocycles. The highest BCUT2D eigenvalue weighted by Gasteiger charge is 2.49. The molecule has 4 aliphatic rings. The zero-order valence-corrected chi connectivity index (χ0v) is 28.5. The molecule has 1 N–H and O–H groups in total. The summed E-state index contributed by atoms with van der Waals surface area (Å²) in [6.07, 6.45) is 9.18. The Bertz CT molecular complexity index is 1890. The second-order valence-electron chi connectivity index (χ2n) is 14.8. The molecule has 1 aromatic carbocycles. The molecule has 3 aromatic heterocycles. The van der Waals surface area contributed by atoms with Gasteiger partial charge in [0.25, 0.3) is 0 Å². The fraction of sp³-hybridized carbons (Fsp3) is 0.514. The minimum absolute atomic E-state index is 0.172. The van der Waals surface area contributed by atoms with Gasteiger partial charge in [-0.3, -0.25) is 9.78 Å². The molecule has 0 radical (unpaired) electrons. The standard InChI is InChI=1S/C37H44N8O4/c1-36(2,3)49-35(47)40-31-25-11-5-4-10-24(25)22-37(31)15-19-43(20-16-37)32-27(23-46)39-30-33(41-32)45(29-14-6-7-21-48-29)42-34(30)44-18-9-12-26-28(44)13-8-17-38-26/h4-5,8,10-11,13,17,23,29,31H,6-7,9,12,14-16,18-22H2,1-3H3,(H,40,47)/t29?,31-/m1/s1. The highest BCUT2D eigenvalue weighted by Crippen LogP contribution is 2.52. The number of carbonyl (C=O) groups is 2. The van der Waals surface area contributed by atoms with E-state index >= 15 is 0 Å². The number of aryl methyl sites for hydroxylation is 1. The number of nitrogens with one attached hydrogen (secondary N) is 1. The predicted molar refractivity (Wildman–Crippen MR) is 185 cm³/mol. The second-order valence-corrected chi connectivity index (χ2v) is 14.8. The van der Waals surface area contributed by atoms with E-state index in [1.807, 2.05) is 43.8 Å². The maximum atomic E-state index is 13.1. The van der Waals surface area contributed by atoms with Crippen molar-refractivity contribution in [2.75, 3.05) is 36.0 Å². The SMILES string of the molecule is CC(C)(C)OC(=O)N[C@@H]1c2ccccc2CC12CCN(c1nc3c(nc1C=O)c(N1CCCc4ncccc41)nn3C1CCCCO1)CC2. The largest absolute Gasteiger partial charge is 0.444 e. The molecule has 2 saturated heterocycles. The Balaban J connectivity index is 1.13. The number of aldehydes is 1. The molecule has 49 heavy (non-hydrogen) atoms. The Morgan fingerprint density at radius 1 is 1.04 bits per heavy atom. The van der Waals surface area contributed by atoms with E-state index < -0.39 is 11.7 Å². The fourth-order valence-corrected chi connectivity index (χ4v) is 8.24. The third-order valence-electron chi connectivity index (χ3n) is 10.5. The van der Waals surface area contributed by atoms with E-state index in [2.05, 4.69) is 44.4 Å². The number of aromatic nitrogens is 5. The number of anilines is 3. The Hall–Kier alpha value is -4.58. The summed E-state index contributed by atoms with van der Waals surface area (Å²) in [4.78, 5) is 45.0. The zero-order valence-electron chi connectivity index (χ0n) is 28.5. The summed E-state index contributed by atoms with van der Waals surface area (Å²) in [5.41, 5.74) is 5.18. The number of piperidine rings is 1. The molecule has 1 unspecified atom stereocenters. The zero-order chi connectivity index (χ0) is 33.8. The number of hydrogen-bond acceptors (Lipinski definition) is 10. The van der Waals surface area contributed by atoms with E-state index in [0.717, 1.165) is 81.1 Å². The van der Waals surface area contributed by atoms with Gasteiger partial charge in [-0.25, -0.2) is 19.4 Å². The van der Waals surface area contributed by atoms with Crippen LogP contribution in [0.15, 0.2) is 42.6 Å². The van der Waals surface area contributed by atoms with Crippen LogP contribution < -0.4 is 15.1 Å². The highest BCUT2D eigenvalue weighted by atomic mass is 16.6. The van der Waals surface area contributed by atoms with Gasteiger partial charge in [-0.2, -0.15) is 0 Å². The van der Waals surface area contributed by atoms with Crippen LogP contribution in [-0.4, -0.2) is 69.0 Å². The molecule has 12 heteroatoms. The number of amides is 1. The lowest BCUT2D eigenvalue weighted by Gasteiger charge is -2.44. The van der Waals surface area contributed by atoms with Crippen LogP contribution in [0.25, 0.3) is 11.2 Å². The fourth-order valence-electron chi connectivity index (χ4n) is 8.24. The van der Waals surface area contributed by atoms with E-state index in [4.69, 9.17) is 24.5 Å². The maximum absolute atomic E-state index is 13.1. The van der Waals surface area contributed by atoms with Gasteiger partial charge in [0.05, 0.1) is 17.4 Å². The van der Waals surface area contributed by atoms with E-state index in [-0.39, 0.29) is 17.7 Å². The summed E-state index contributed by atoms with van der Waals surface area (Å²) in [5, 5.41) is 8.36. The summed E-state index contributed by atoms with van der Waals surface area (Å²) in [5.74, 6) is 1.24. The minimum Gasteiger partial charge on any atom is -0.444 e. The van der Waals surface area contributed by atoms with Crippen molar-refractivity contribution in [1.82, 2.24) is 30.0 Å². The molecule has 1 amide bonds. The first-order valence-electron chi connectivity index (χ1n) is 17.6. The molecule has 3 aliphatic heterocycles. The molecule has 256 valence electrons. The first kappa shape index (κ1) is 31.7. The van der Waals surface area contributed by atoms with Crippen molar-refractivity contribution < 1.29 is 19.1 Å². The quantitative estimate of drug-likeness (QED) is 0.246. The number of pyridine rings is 1. The average molecular weight is 665 g/mol. The third-order valence-corrected chi connectivity index (χ3v) is 10.5. The summed E-state index contributed by atoms with van der Waals surface area (Å²) in [7, 11) is 0. The number of benzene rings is 1. The lowest BCUT2D eigenvalue weighted by atomic mass is 9.72. The Morgan fingerprint density at radius 3 is 2.65 bits per heavy atom. The van der Waals surface area contributed by atoms with Gasteiger partial charge in [0.2, 0.25) is 0 Å². The number of carbonyl (C=O) groups excluding carboxylic acids is 2. The van der Waals surface area contributed by atoms with Crippen LogP contribution in [0.3, 0.4) is 0 Å². The number of alkyl carbamates (subject to hydrolysis) is 1. The topological polar surface area (TPSA) is 128 Å². The number of nitrogens with zero attached hydrogens (tertiary/aromatic N) is 7. The van der Waals surface area contributed by atoms with Crippen molar-refractivity contribution in [1.29, 1.82) is 0 Å². The molecule has 0 saturated carbocycles. The third kappa shape index (κ3) is 5.79. The van der Waals surface area contributed by atoms with Crippen molar-refractivity contribution in [3.05, 3.63) is 65.1 Å². The number of fused-ring (bicyclic) bond motifs is 3. The van der Waals surface area contributed by atoms with Crippen LogP contribution in [0.5, 0.6) is 0 Å². The lowest BCUT2D eigenvalue weighted by Crippen LogP contribution is -2.48. The van der Waals surface area contributed by atoms with Gasteiger partial charge in [0.1, 0.15) is 11.3 Å². The van der Waals surface area contributed by atoms with Crippen LogP contribution in [0, 0.1) is 5.41 Å². The van der Waals surface area contributed by atoms with Crippen molar-refractivity contribution >= 4 is 40.9 Å². The van der Waals surface area contributed by atoms with Crippen molar-refractivity contribution in [3.8, 4) is 0 Å². The van der Waals surface area contributed by atoms with E-state index in [0.29, 0.717) is 48.2 Å². The molecule has 4 aromatic rings. The maximum Gasteiger partial charge on any atom is 0.408 e. The number of rotatable bonds is 5. The summed E-state index contributed by atoms with van der Waals surface area (Å²) < 4.78 is 13.8. The first-order valence-corrected chi connectivity index (χ1v) is 17.6. The van der Waals surface area contributed by atoms with Gasteiger partial charge in [-0.1, -0.05) is 24.3 Å². The second kappa shape index (κ2) is 12.4. The normalized spacial score (nSPS) is 21.8. The van der Waals surface area contributed by atoms with Crippen LogP contribution >= 0.6 is 0 Å². The molecule has 8 rings (SSSR count). The summed E-state index contributed by atoms with van der Waals surface area (Å²) >= 11 is 0. The molecular weight excluding hydrogens is 620 g/mol. The van der Waals surface area contributed by atoms with Crippen LogP contribution in [0.4, 0.5) is 22.1 Å². The van der Waals surface area contributed by atoms with E-state index in [1.165, 1.54) is 5.56 Å². The average Bonchev–Trinajstić information content (AvgIpc) is 3.62. The van der Waals surface area contributed by atoms with Gasteiger partial charge >= 0.3 is 6.09 Å². The van der Waals surface area contributed by atoms with Gasteiger partial charge in [0.15, 0.2) is 35.3 Å². The monoisotopic (exact) mass is 664 g/mol. The molecule has 1 spiro atoms. The molecule has 12 nitrogen and oxygen atoms in total. The molecular formula is C37H44N8O4. The highest BCUT2D eigenvalue weighted by molar-refractivity contribution is 5.92. The number of ether oxygens (including phenoxy) is 2. The van der Waals surface area contributed by atoms with Crippen molar-refractivity contribution in [2.24, 2.45) is 5.41 Å². The van der Waals surface area contributed by atoms with Crippen molar-refractivity contribution in [2.45, 2.75) is 90.0 Å². The van der Waals surface area contributed by atoms with Gasteiger partial charge < -0.3 is 24.6 Å². The van der Waals surface area contributed by atoms with Crippen LogP contribution in [0.2, 0.25) is 0 Å². The molecule has 2 fully saturated rings. The summed E-state index contributed by atoms with van der Waals surface area (Å²) in [6.45, 7) is 8.39. The Kier molecular flexibility index (Phi) is 8.01. The molecule has 0 bridgehead atoms. The van der Waals surface area contributed by atoms with Crippen LogP contribution in [-0.2, 0) is 22.3 Å². The van der Waals surface area contributed by atoms with E-state index in [1.54, 1.807) is 0 Å². The van der Waals surface area contributed by atoms with Gasteiger partial charge in [-0.15, -0.1) is 5.10 Å². The lowest BCUT2D eigenvalue weighted by molar-refractivity contribution is -0.0368. The smallest absolute Gasteiger partial charge is 0.408 e. The van der Waals surface area contributed by atoms with E-state index in [9.17, 15) is 9.59 Å². The van der Waals surface area contributed by atoms with Gasteiger partial charge in [0, 0.05) is 37.9 Å². The van der Waals surface area contributed by atoms with Crippen LogP contribution in [0.1, 0.15) is 98.9 Å². The van der Waals surface area contributed by atoms with Crippen molar-refractivity contribution in [3.63, 3.8) is 0 Å². The first-order chi connectivity index (χ1) is 23.7. The summed E-state index contributed by atoms with van der Waals surface area (Å²) in [6, 6.07) is 12.2. The molecule has 2 atom stereocenters.